The summed E-state index contributed by atoms with van der Waals surface area (Å²) in [6, 6.07) is 13.9. The Labute approximate surface area is 245 Å². The monoisotopic (exact) mass is 582 g/mol. The average molecular weight is 583 g/mol. The van der Waals surface area contributed by atoms with Crippen LogP contribution in [0.2, 0.25) is 0 Å². The molecular formula is C31H39FN4O4S. The zero-order valence-corrected chi connectivity index (χ0v) is 25.3. The number of hydrogen-bond donors (Lipinski definition) is 1. The van der Waals surface area contributed by atoms with Crippen molar-refractivity contribution in [3.05, 3.63) is 64.9 Å². The van der Waals surface area contributed by atoms with Gasteiger partial charge in [-0.05, 0) is 61.9 Å². The topological polar surface area (TPSA) is 91.4 Å². The number of anilines is 1. The summed E-state index contributed by atoms with van der Waals surface area (Å²) in [5.74, 6) is 1.60. The van der Waals surface area contributed by atoms with E-state index in [0.717, 1.165) is 61.4 Å². The van der Waals surface area contributed by atoms with Crippen LogP contribution in [0.25, 0.3) is 11.1 Å². The van der Waals surface area contributed by atoms with E-state index >= 15 is 0 Å². The largest absolute Gasteiger partial charge is 0.377 e. The van der Waals surface area contributed by atoms with E-state index in [0.29, 0.717) is 44.2 Å². The number of carbonyl (C=O) groups is 1. The fraction of sp³-hybridized carbons (Fsp3) is 0.452. The predicted molar refractivity (Wildman–Crippen MR) is 160 cm³/mol. The molecule has 3 aromatic rings. The van der Waals surface area contributed by atoms with Crippen LogP contribution >= 0.6 is 11.9 Å². The van der Waals surface area contributed by atoms with Gasteiger partial charge in [0.05, 0.1) is 19.8 Å². The van der Waals surface area contributed by atoms with Crippen LogP contribution in [0.5, 0.6) is 0 Å². The van der Waals surface area contributed by atoms with Gasteiger partial charge in [0, 0.05) is 41.9 Å². The molecule has 1 N–H and O–H groups in total. The lowest BCUT2D eigenvalue weighted by Gasteiger charge is -2.25. The zero-order chi connectivity index (χ0) is 29.6. The molecule has 41 heavy (non-hydrogen) atoms. The Morgan fingerprint density at radius 3 is 2.59 bits per heavy atom. The van der Waals surface area contributed by atoms with Crippen molar-refractivity contribution in [3.63, 3.8) is 0 Å². The molecule has 0 saturated carbocycles. The molecule has 1 aliphatic rings. The summed E-state index contributed by atoms with van der Waals surface area (Å²) >= 11 is 1.15. The Morgan fingerprint density at radius 1 is 1.15 bits per heavy atom. The number of alkyl halides is 1. The molecular weight excluding hydrogens is 543 g/mol. The highest BCUT2D eigenvalue weighted by molar-refractivity contribution is 8.00. The number of aromatic nitrogens is 1. The first kappa shape index (κ1) is 30.7. The van der Waals surface area contributed by atoms with Crippen LogP contribution in [0, 0.1) is 13.8 Å². The minimum absolute atomic E-state index is 0.102. The van der Waals surface area contributed by atoms with E-state index in [1.54, 1.807) is 11.8 Å². The van der Waals surface area contributed by atoms with E-state index in [-0.39, 0.29) is 12.3 Å². The standard InChI is InChI=1S/C31H39FN4O4S/c1-6-11-28-33-31(7-2,16-17-32)30(37)35(28)19-23-14-15-25(24(18-23)20-39-8-3)26-12-9-10-13-27(26)41-36(38)29-21(4)22(5)40-34-29/h9-10,12-15,18,38H,6-8,11,16-17,19-20H2,1-5H3. The molecule has 0 fully saturated rings. The van der Waals surface area contributed by atoms with Crippen LogP contribution in [-0.2, 0) is 22.7 Å². The SMILES string of the molecule is CCCC1=NC(CC)(CCF)C(=O)N1Cc1ccc(-c2ccccc2SN(O)c2noc(C)c2C)c(COCC)c1. The van der Waals surface area contributed by atoms with Crippen LogP contribution in [0.15, 0.2) is 56.9 Å². The summed E-state index contributed by atoms with van der Waals surface area (Å²) in [7, 11) is 0. The molecule has 0 radical (unpaired) electrons. The van der Waals surface area contributed by atoms with E-state index in [4.69, 9.17) is 14.3 Å². The maximum atomic E-state index is 13.6. The molecule has 4 rings (SSSR count). The third-order valence-electron chi connectivity index (χ3n) is 7.51. The van der Waals surface area contributed by atoms with Crippen molar-refractivity contribution >= 4 is 29.5 Å². The minimum Gasteiger partial charge on any atom is -0.377 e. The van der Waals surface area contributed by atoms with Crippen LogP contribution in [-0.4, -0.2) is 45.8 Å². The Bertz CT molecular complexity index is 1390. The normalized spacial score (nSPS) is 16.9. The number of rotatable bonds is 14. The number of hydrogen-bond acceptors (Lipinski definition) is 8. The third kappa shape index (κ3) is 6.50. The number of halogens is 1. The number of ether oxygens (including phenoxy) is 1. The molecule has 0 spiro atoms. The van der Waals surface area contributed by atoms with Gasteiger partial charge in [-0.25, -0.2) is 0 Å². The second kappa shape index (κ2) is 13.6. The summed E-state index contributed by atoms with van der Waals surface area (Å²) in [4.78, 5) is 20.9. The first-order valence-electron chi connectivity index (χ1n) is 14.1. The first-order chi connectivity index (χ1) is 19.8. The van der Waals surface area contributed by atoms with Crippen molar-refractivity contribution < 1.29 is 23.7 Å². The van der Waals surface area contributed by atoms with Gasteiger partial charge in [-0.3, -0.25) is 24.3 Å². The molecule has 10 heteroatoms. The first-order valence-corrected chi connectivity index (χ1v) is 14.9. The van der Waals surface area contributed by atoms with E-state index < -0.39 is 12.2 Å². The Hall–Kier alpha value is -3.21. The van der Waals surface area contributed by atoms with E-state index in [2.05, 4.69) is 18.1 Å². The van der Waals surface area contributed by atoms with Gasteiger partial charge in [0.2, 0.25) is 5.82 Å². The highest BCUT2D eigenvalue weighted by Crippen LogP contribution is 2.38. The van der Waals surface area contributed by atoms with E-state index in [1.807, 2.05) is 57.2 Å². The average Bonchev–Trinajstić information content (AvgIpc) is 3.44. The van der Waals surface area contributed by atoms with Gasteiger partial charge < -0.3 is 9.26 Å². The van der Waals surface area contributed by atoms with E-state index in [9.17, 15) is 14.4 Å². The van der Waals surface area contributed by atoms with Crippen LogP contribution in [0.3, 0.4) is 0 Å². The summed E-state index contributed by atoms with van der Waals surface area (Å²) < 4.78 is 25.5. The van der Waals surface area contributed by atoms with Gasteiger partial charge in [-0.15, -0.1) is 0 Å². The molecule has 2 aromatic carbocycles. The van der Waals surface area contributed by atoms with Crippen molar-refractivity contribution in [3.8, 4) is 11.1 Å². The second-order valence-electron chi connectivity index (χ2n) is 10.2. The summed E-state index contributed by atoms with van der Waals surface area (Å²) in [5, 5.41) is 14.8. The zero-order valence-electron chi connectivity index (χ0n) is 24.4. The Morgan fingerprint density at radius 2 is 1.93 bits per heavy atom. The fourth-order valence-corrected chi connectivity index (χ4v) is 5.90. The van der Waals surface area contributed by atoms with Crippen molar-refractivity contribution in [2.24, 2.45) is 4.99 Å². The maximum absolute atomic E-state index is 13.6. The minimum atomic E-state index is -1.01. The number of aryl methyl sites for hydroxylation is 1. The molecule has 1 aromatic heterocycles. The number of carbonyl (C=O) groups excluding carboxylic acids is 1. The molecule has 0 bridgehead atoms. The molecule has 8 nitrogen and oxygen atoms in total. The lowest BCUT2D eigenvalue weighted by Crippen LogP contribution is -2.42. The Kier molecular flexibility index (Phi) is 10.2. The number of benzene rings is 2. The summed E-state index contributed by atoms with van der Waals surface area (Å²) in [5.41, 5.74) is 3.54. The molecule has 2 heterocycles. The lowest BCUT2D eigenvalue weighted by molar-refractivity contribution is -0.132. The highest BCUT2D eigenvalue weighted by Gasteiger charge is 2.46. The number of aliphatic imine (C=N–C) groups is 1. The molecule has 1 unspecified atom stereocenters. The third-order valence-corrected chi connectivity index (χ3v) is 8.41. The molecule has 1 amide bonds. The van der Waals surface area contributed by atoms with E-state index in [1.165, 1.54) is 0 Å². The van der Waals surface area contributed by atoms with Crippen LogP contribution < -0.4 is 4.47 Å². The second-order valence-corrected chi connectivity index (χ2v) is 11.1. The van der Waals surface area contributed by atoms with Crippen molar-refractivity contribution in [2.45, 2.75) is 83.9 Å². The highest BCUT2D eigenvalue weighted by atomic mass is 32.2. The van der Waals surface area contributed by atoms with Gasteiger partial charge in [0.15, 0.2) is 0 Å². The van der Waals surface area contributed by atoms with Gasteiger partial charge in [0.25, 0.3) is 5.91 Å². The molecule has 220 valence electrons. The fourth-order valence-electron chi connectivity index (χ4n) is 5.04. The Balaban J connectivity index is 1.66. The van der Waals surface area contributed by atoms with Gasteiger partial charge in [-0.2, -0.15) is 4.47 Å². The van der Waals surface area contributed by atoms with Gasteiger partial charge >= 0.3 is 0 Å². The van der Waals surface area contributed by atoms with Crippen molar-refractivity contribution in [1.29, 1.82) is 0 Å². The molecule has 0 saturated heterocycles. The summed E-state index contributed by atoms with van der Waals surface area (Å²) in [6.45, 7) is 10.3. The van der Waals surface area contributed by atoms with Crippen molar-refractivity contribution in [1.82, 2.24) is 10.1 Å². The van der Waals surface area contributed by atoms with Crippen LogP contribution in [0.1, 0.15) is 68.9 Å². The number of amides is 1. The number of nitrogens with zero attached hydrogens (tertiary/aromatic N) is 4. The molecule has 1 aliphatic heterocycles. The lowest BCUT2D eigenvalue weighted by atomic mass is 9.92. The van der Waals surface area contributed by atoms with Gasteiger partial charge in [0.1, 0.15) is 17.1 Å². The molecule has 0 aliphatic carbocycles. The smallest absolute Gasteiger partial charge is 0.256 e. The number of amidine groups is 1. The van der Waals surface area contributed by atoms with Crippen molar-refractivity contribution in [2.75, 3.05) is 17.7 Å². The summed E-state index contributed by atoms with van der Waals surface area (Å²) in [6.07, 6.45) is 2.08. The predicted octanol–water partition coefficient (Wildman–Crippen LogP) is 7.45. The maximum Gasteiger partial charge on any atom is 0.256 e. The van der Waals surface area contributed by atoms with Crippen LogP contribution in [0.4, 0.5) is 10.2 Å². The molecule has 1 atom stereocenters. The van der Waals surface area contributed by atoms with Gasteiger partial charge in [-0.1, -0.05) is 55.4 Å². The quantitative estimate of drug-likeness (QED) is 0.156.